The number of nitrogens with zero attached hydrogens (tertiary/aromatic N) is 3. The topological polar surface area (TPSA) is 103 Å². The van der Waals surface area contributed by atoms with E-state index in [2.05, 4.69) is 20.3 Å². The second kappa shape index (κ2) is 6.80. The van der Waals surface area contributed by atoms with Crippen molar-refractivity contribution < 1.29 is 9.53 Å². The Morgan fingerprint density at radius 3 is 2.91 bits per heavy atom. The number of fused-ring (bicyclic) bond motifs is 1. The minimum Gasteiger partial charge on any atom is -0.492 e. The van der Waals surface area contributed by atoms with E-state index in [-0.39, 0.29) is 11.6 Å². The molecule has 2 aromatic heterocycles. The summed E-state index contributed by atoms with van der Waals surface area (Å²) < 4.78 is 5.56. The Bertz CT molecular complexity index is 823. The molecule has 0 spiro atoms. The van der Waals surface area contributed by atoms with Crippen molar-refractivity contribution in [3.63, 3.8) is 0 Å². The number of pyridine rings is 1. The van der Waals surface area contributed by atoms with Gasteiger partial charge in [0, 0.05) is 36.6 Å². The number of hydrogen-bond donors (Lipinski definition) is 2. The Morgan fingerprint density at radius 2 is 2.13 bits per heavy atom. The fourth-order valence-corrected chi connectivity index (χ4v) is 2.12. The number of ether oxygens (including phenoxy) is 1. The summed E-state index contributed by atoms with van der Waals surface area (Å²) in [6.45, 7) is 0.801. The van der Waals surface area contributed by atoms with Crippen LogP contribution in [0.15, 0.2) is 49.1 Å². The Morgan fingerprint density at radius 1 is 1.22 bits per heavy atom. The summed E-state index contributed by atoms with van der Waals surface area (Å²) in [6.07, 6.45) is 6.04. The highest BCUT2D eigenvalue weighted by atomic mass is 16.5. The van der Waals surface area contributed by atoms with Gasteiger partial charge in [-0.1, -0.05) is 6.07 Å². The van der Waals surface area contributed by atoms with Gasteiger partial charge in [0.25, 0.3) is 5.91 Å². The van der Waals surface area contributed by atoms with Crippen molar-refractivity contribution in [1.82, 2.24) is 15.0 Å². The first-order valence-corrected chi connectivity index (χ1v) is 7.07. The molecule has 7 nitrogen and oxygen atoms in total. The average molecular weight is 309 g/mol. The van der Waals surface area contributed by atoms with E-state index in [0.29, 0.717) is 30.1 Å². The van der Waals surface area contributed by atoms with Crippen LogP contribution >= 0.6 is 0 Å². The molecule has 0 unspecified atom stereocenters. The van der Waals surface area contributed by atoms with Crippen molar-refractivity contribution in [3.8, 4) is 5.75 Å². The van der Waals surface area contributed by atoms with Gasteiger partial charge in [-0.05, 0) is 12.1 Å². The van der Waals surface area contributed by atoms with Crippen LogP contribution < -0.4 is 15.8 Å². The van der Waals surface area contributed by atoms with Gasteiger partial charge >= 0.3 is 0 Å². The maximum atomic E-state index is 12.3. The zero-order valence-electron chi connectivity index (χ0n) is 12.3. The van der Waals surface area contributed by atoms with Crippen LogP contribution in [0.2, 0.25) is 0 Å². The fourth-order valence-electron chi connectivity index (χ4n) is 2.12. The van der Waals surface area contributed by atoms with Gasteiger partial charge in [0.05, 0.1) is 17.4 Å². The number of amides is 1. The number of hydrogen-bond acceptors (Lipinski definition) is 6. The molecule has 116 valence electrons. The van der Waals surface area contributed by atoms with Crippen LogP contribution in [0.5, 0.6) is 5.75 Å². The number of rotatable bonds is 5. The molecule has 3 aromatic rings. The van der Waals surface area contributed by atoms with Gasteiger partial charge in [-0.15, -0.1) is 0 Å². The highest BCUT2D eigenvalue weighted by Gasteiger charge is 2.12. The van der Waals surface area contributed by atoms with Gasteiger partial charge in [0.2, 0.25) is 0 Å². The lowest BCUT2D eigenvalue weighted by atomic mass is 10.1. The van der Waals surface area contributed by atoms with Crippen molar-refractivity contribution >= 4 is 22.5 Å². The van der Waals surface area contributed by atoms with E-state index >= 15 is 0 Å². The Hall–Kier alpha value is -3.06. The number of benzene rings is 1. The van der Waals surface area contributed by atoms with Crippen molar-refractivity contribution in [2.75, 3.05) is 18.5 Å². The molecular weight excluding hydrogens is 294 g/mol. The standard InChI is InChI=1S/C16H15N5O2/c17-3-7-23-12-8-11-2-1-4-20-15(11)13(9-12)21-16(22)14-10-18-5-6-19-14/h1-2,4-6,8-10H,3,7,17H2,(H,21,22). The zero-order chi connectivity index (χ0) is 16.1. The minimum absolute atomic E-state index is 0.227. The third-order valence-corrected chi connectivity index (χ3v) is 3.11. The van der Waals surface area contributed by atoms with Crippen LogP contribution in [-0.2, 0) is 0 Å². The first kappa shape index (κ1) is 14.9. The lowest BCUT2D eigenvalue weighted by Crippen LogP contribution is -2.15. The highest BCUT2D eigenvalue weighted by Crippen LogP contribution is 2.28. The van der Waals surface area contributed by atoms with Gasteiger partial charge in [0.1, 0.15) is 18.1 Å². The summed E-state index contributed by atoms with van der Waals surface area (Å²) in [6, 6.07) is 7.30. The van der Waals surface area contributed by atoms with Crippen molar-refractivity contribution in [3.05, 3.63) is 54.7 Å². The zero-order valence-corrected chi connectivity index (χ0v) is 12.3. The van der Waals surface area contributed by atoms with Gasteiger partial charge < -0.3 is 15.8 Å². The molecule has 0 saturated carbocycles. The summed E-state index contributed by atoms with van der Waals surface area (Å²) in [4.78, 5) is 24.5. The maximum Gasteiger partial charge on any atom is 0.275 e. The number of anilines is 1. The Kier molecular flexibility index (Phi) is 4.39. The lowest BCUT2D eigenvalue weighted by Gasteiger charge is -2.11. The average Bonchev–Trinajstić information content (AvgIpc) is 2.60. The quantitative estimate of drug-likeness (QED) is 0.742. The molecule has 0 aliphatic rings. The summed E-state index contributed by atoms with van der Waals surface area (Å²) >= 11 is 0. The third-order valence-electron chi connectivity index (χ3n) is 3.11. The summed E-state index contributed by atoms with van der Waals surface area (Å²) in [5.41, 5.74) is 6.91. The molecule has 0 fully saturated rings. The number of carbonyl (C=O) groups excluding carboxylic acids is 1. The summed E-state index contributed by atoms with van der Waals surface area (Å²) in [7, 11) is 0. The number of nitrogens with two attached hydrogens (primary N) is 1. The van der Waals surface area contributed by atoms with Crippen LogP contribution in [0.4, 0.5) is 5.69 Å². The molecule has 7 heteroatoms. The Labute approximate surface area is 132 Å². The van der Waals surface area contributed by atoms with Crippen molar-refractivity contribution in [2.24, 2.45) is 5.73 Å². The monoisotopic (exact) mass is 309 g/mol. The molecule has 3 rings (SSSR count). The van der Waals surface area contributed by atoms with Crippen LogP contribution in [0.3, 0.4) is 0 Å². The molecular formula is C16H15N5O2. The van der Waals surface area contributed by atoms with Gasteiger partial charge in [0.15, 0.2) is 0 Å². The summed E-state index contributed by atoms with van der Waals surface area (Å²) in [5.74, 6) is 0.256. The van der Waals surface area contributed by atoms with Gasteiger partial charge in [-0.3, -0.25) is 14.8 Å². The molecule has 3 N–H and O–H groups in total. The normalized spacial score (nSPS) is 10.5. The SMILES string of the molecule is NCCOc1cc(NC(=O)c2cnccn2)c2ncccc2c1. The molecule has 1 amide bonds. The van der Waals surface area contributed by atoms with Crippen LogP contribution in [0.1, 0.15) is 10.5 Å². The molecule has 23 heavy (non-hydrogen) atoms. The van der Waals surface area contributed by atoms with E-state index in [0.717, 1.165) is 5.39 Å². The lowest BCUT2D eigenvalue weighted by molar-refractivity contribution is 0.102. The first-order chi connectivity index (χ1) is 11.3. The maximum absolute atomic E-state index is 12.3. The number of aromatic nitrogens is 3. The molecule has 0 atom stereocenters. The number of nitrogens with one attached hydrogen (secondary N) is 1. The number of carbonyl (C=O) groups is 1. The molecule has 2 heterocycles. The predicted octanol–water partition coefficient (Wildman–Crippen LogP) is 1.61. The van der Waals surface area contributed by atoms with Crippen LogP contribution in [0, 0.1) is 0 Å². The second-order valence-corrected chi connectivity index (χ2v) is 4.73. The van der Waals surface area contributed by atoms with Crippen LogP contribution in [0.25, 0.3) is 10.9 Å². The second-order valence-electron chi connectivity index (χ2n) is 4.73. The molecule has 0 aliphatic carbocycles. The van der Waals surface area contributed by atoms with E-state index in [1.54, 1.807) is 12.3 Å². The molecule has 0 aliphatic heterocycles. The third kappa shape index (κ3) is 3.41. The molecule has 0 saturated heterocycles. The van der Waals surface area contributed by atoms with E-state index in [4.69, 9.17) is 10.5 Å². The van der Waals surface area contributed by atoms with E-state index in [9.17, 15) is 4.79 Å². The fraction of sp³-hybridized carbons (Fsp3) is 0.125. The largest absolute Gasteiger partial charge is 0.492 e. The van der Waals surface area contributed by atoms with Crippen molar-refractivity contribution in [2.45, 2.75) is 0 Å². The van der Waals surface area contributed by atoms with Crippen LogP contribution in [-0.4, -0.2) is 34.0 Å². The minimum atomic E-state index is -0.360. The van der Waals surface area contributed by atoms with Gasteiger partial charge in [-0.25, -0.2) is 4.98 Å². The molecule has 0 bridgehead atoms. The van der Waals surface area contributed by atoms with E-state index < -0.39 is 0 Å². The van der Waals surface area contributed by atoms with E-state index in [1.165, 1.54) is 18.6 Å². The van der Waals surface area contributed by atoms with Crippen molar-refractivity contribution in [1.29, 1.82) is 0 Å². The Balaban J connectivity index is 1.96. The van der Waals surface area contributed by atoms with E-state index in [1.807, 2.05) is 18.2 Å². The summed E-state index contributed by atoms with van der Waals surface area (Å²) in [5, 5.41) is 3.66. The highest BCUT2D eigenvalue weighted by molar-refractivity contribution is 6.07. The molecule has 1 aromatic carbocycles. The first-order valence-electron chi connectivity index (χ1n) is 7.07. The predicted molar refractivity (Wildman–Crippen MR) is 86.3 cm³/mol. The molecule has 0 radical (unpaired) electrons. The van der Waals surface area contributed by atoms with Gasteiger partial charge in [-0.2, -0.15) is 0 Å². The smallest absolute Gasteiger partial charge is 0.275 e.